The average Bonchev–Trinajstić information content (AvgIpc) is 0.766. The molecule has 5 rings (SSSR count). The zero-order valence-electron chi connectivity index (χ0n) is 53.6. The molecule has 5 fully saturated rings. The van der Waals surface area contributed by atoms with Crippen LogP contribution in [0.3, 0.4) is 0 Å². The van der Waals surface area contributed by atoms with Crippen LogP contribution in [0.4, 0.5) is 0 Å². The third-order valence-corrected chi connectivity index (χ3v) is 16.2. The summed E-state index contributed by atoms with van der Waals surface area (Å²) in [6.07, 6.45) is -63.8. The Hall–Kier alpha value is 7.58. The molecule has 0 spiro atoms. The number of carbonyl (C=O) groups excluding carboxylic acids is 2. The number of hydrogen-bond donors (Lipinski definition) is 9. The smallest absolute Gasteiger partial charge is 0.735 e. The van der Waals surface area contributed by atoms with E-state index in [9.17, 15) is 146 Å². The van der Waals surface area contributed by atoms with Gasteiger partial charge in [-0.2, -0.15) is 0 Å². The van der Waals surface area contributed by atoms with E-state index in [2.05, 4.69) is 26.1 Å². The summed E-state index contributed by atoms with van der Waals surface area (Å²) in [5.74, 6) is -5.39. The predicted octanol–water partition coefficient (Wildman–Crippen LogP) is -48.8. The number of aliphatic carboxylic acids is 2. The molecule has 70 heteroatoms. The molecular weight excluding hydrogens is 1680 g/mol. The van der Waals surface area contributed by atoms with Crippen molar-refractivity contribution < 1.29 is 520 Å². The van der Waals surface area contributed by atoms with Gasteiger partial charge in [0.2, 0.25) is 41.6 Å². The Morgan fingerprint density at radius 3 is 1.16 bits per heavy atom. The van der Waals surface area contributed by atoms with E-state index in [1.807, 2.05) is 0 Å². The van der Waals surface area contributed by atoms with E-state index in [0.717, 1.165) is 9.44 Å². The minimum absolute atomic E-state index is 0. The first-order valence-corrected chi connectivity index (χ1v) is 33.6. The van der Waals surface area contributed by atoms with Crippen molar-refractivity contribution >= 4 is 96.8 Å². The molecule has 52 nitrogen and oxygen atoms in total. The van der Waals surface area contributed by atoms with Gasteiger partial charge in [-0.25, -0.2) is 73.1 Å². The number of rotatable bonds is 32. The van der Waals surface area contributed by atoms with E-state index < -0.39 is 270 Å². The molecule has 0 aliphatic carbocycles. The van der Waals surface area contributed by atoms with Crippen molar-refractivity contribution in [3.63, 3.8) is 0 Å². The molecule has 0 aromatic heterocycles. The van der Waals surface area contributed by atoms with Crippen LogP contribution in [-0.4, -0.2) is 314 Å². The monoisotopic (exact) mass is 1730 g/mol. The van der Waals surface area contributed by atoms with Crippen molar-refractivity contribution in [3.8, 4) is 0 Å². The number of methoxy groups -OCH3 is 1. The molecule has 0 aromatic carbocycles. The molecule has 10 unspecified atom stereocenters. The first-order valence-electron chi connectivity index (χ1n) is 23.4. The summed E-state index contributed by atoms with van der Waals surface area (Å²) in [7, 11) is -41.2. The van der Waals surface area contributed by atoms with Crippen molar-refractivity contribution in [1.29, 1.82) is 0 Å². The maximum atomic E-state index is 12.9. The van der Waals surface area contributed by atoms with Crippen molar-refractivity contribution in [1.82, 2.24) is 14.2 Å². The molecule has 25 atom stereocenters. The van der Waals surface area contributed by atoms with Gasteiger partial charge in [-0.1, -0.05) is 0 Å². The summed E-state index contributed by atoms with van der Waals surface area (Å²) in [6.45, 7) is -5.20. The minimum atomic E-state index is -6.42. The molecule has 5 heterocycles. The number of nitrogens with one attached hydrogen (secondary N) is 3. The number of aliphatic hydroxyl groups is 6. The van der Waals surface area contributed by atoms with Crippen LogP contribution in [0.15, 0.2) is 0 Å². The van der Waals surface area contributed by atoms with Crippen LogP contribution in [0.25, 0.3) is 0 Å². The first kappa shape index (κ1) is 119. The SMILES string of the molecule is CO[C@@H]1OC(COS(=O)(=O)[O-])[C@H](O[C@@H]2OC(C(=O)[O-])[C@H](O[C@@H]3OC(COS(=O)(=O)[O-])[C@H](O[C@@H]4OC(C(=O)[O-])[C@H](O[C@@H]5OC(COS(=O)(=O)[O-])[C@H](O)[C@H](O)C5NS(=O)(=O)[O-])[C@H](O)C4O)[C@H](OSOO[O-])C3NS(=O)(=O)[O-])[C@@H](O)C2OS(=O)(=O)[O-])[C@H](O)C1NS(=O)(=O)[O-].[Na+].[Na+].[Na+].[Na+].[Na+].[Na+].[Na+].[Na+].[Na+].[Na+]. The van der Waals surface area contributed by atoms with Gasteiger partial charge in [0.25, 0.3) is 0 Å². The molecule has 0 radical (unpaired) electrons. The molecule has 5 aliphatic rings. The van der Waals surface area contributed by atoms with Crippen molar-refractivity contribution in [2.24, 2.45) is 0 Å². The molecule has 5 aliphatic heterocycles. The fraction of sp³-hybridized carbons (Fsp3) is 0.935. The molecular formula is C31H43N3Na10O49S8. The number of ether oxygens (including phenoxy) is 10. The van der Waals surface area contributed by atoms with Crippen molar-refractivity contribution in [2.75, 3.05) is 26.9 Å². The van der Waals surface area contributed by atoms with Crippen molar-refractivity contribution in [3.05, 3.63) is 0 Å². The number of carboxylic acid groups (broad SMARTS) is 2. The average molecular weight is 1730 g/mol. The molecule has 0 saturated carbocycles. The summed E-state index contributed by atoms with van der Waals surface area (Å²) in [4.78, 5) is 25.6. The second-order valence-electron chi connectivity index (χ2n) is 18.3. The van der Waals surface area contributed by atoms with Crippen LogP contribution >= 0.6 is 12.3 Å². The minimum Gasteiger partial charge on any atom is -0.735 e. The van der Waals surface area contributed by atoms with Gasteiger partial charge in [-0.15, -0.1) is 4.33 Å². The second kappa shape index (κ2) is 51.1. The van der Waals surface area contributed by atoms with E-state index in [-0.39, 0.29) is 296 Å². The van der Waals surface area contributed by atoms with Gasteiger partial charge >= 0.3 is 296 Å². The van der Waals surface area contributed by atoms with Gasteiger partial charge in [0.1, 0.15) is 116 Å². The topological polar surface area (TPSA) is 818 Å². The second-order valence-corrected chi connectivity index (χ2v) is 26.4. The molecule has 0 aromatic rings. The third-order valence-electron chi connectivity index (χ3n) is 12.4. The van der Waals surface area contributed by atoms with Gasteiger partial charge in [0, 0.05) is 7.11 Å². The van der Waals surface area contributed by atoms with E-state index >= 15 is 0 Å². The standard InChI is InChI=1S/C31H53N3O49S8.10Na/c1-67-27-9(33-86(49,50)51)13(37)17(6(72-27)3-69-89(58,59)60)74-31-22(81-91(64,65)66)16(40)21(24(79-31)26(43)44)77-29-10(34-87(52,53)54)19(80-84-83-82-45)18(7(73-29)4-70-90(61,62)63)75-30-15(39)14(38)20(23(78-30)25(41)42)76-28-8(32-85(46,47)48)12(36)11(35)5(71-28)2-68-88(55,56)57;;;;;;;;;;/h5-24,27-40,45H,2-4H2,1H3,(H,41,42)(H,43,44)(H,46,47,48)(H,49,50,51)(H,52,53,54)(H,55,56,57)(H,58,59,60)(H,61,62,63)(H,64,65,66);;;;;;;;;;/q;10*+1/p-10/t5?,6?,7?,8?,9?,10?,11-,12+,13+,14+,15?,16+,17-,18-,19+,20+,21+,22?,23?,24?,27+,28-,29-,30+,31+;;;;;;;;;;/m0........../s1. The first-order chi connectivity index (χ1) is 41.5. The van der Waals surface area contributed by atoms with E-state index in [4.69, 9.17) is 51.6 Å². The Kier molecular flexibility index (Phi) is 60.5. The van der Waals surface area contributed by atoms with Crippen LogP contribution in [0.2, 0.25) is 0 Å². The fourth-order valence-corrected chi connectivity index (χ4v) is 12.4. The summed E-state index contributed by atoms with van der Waals surface area (Å²) in [6, 6.07) is -8.16. The molecule has 0 amide bonds. The summed E-state index contributed by atoms with van der Waals surface area (Å²) in [5.41, 5.74) is 0. The van der Waals surface area contributed by atoms with E-state index in [1.165, 1.54) is 4.72 Å². The Balaban J connectivity index is -0.00000226. The summed E-state index contributed by atoms with van der Waals surface area (Å²) >= 11 is -0.809. The maximum absolute atomic E-state index is 12.9. The van der Waals surface area contributed by atoms with Crippen LogP contribution in [0, 0.1) is 0 Å². The number of carbonyl (C=O) groups is 2. The van der Waals surface area contributed by atoms with Crippen LogP contribution in [0.5, 0.6) is 0 Å². The Morgan fingerprint density at radius 1 is 0.396 bits per heavy atom. The Morgan fingerprint density at radius 2 is 0.752 bits per heavy atom. The van der Waals surface area contributed by atoms with E-state index in [0.29, 0.717) is 7.11 Å². The van der Waals surface area contributed by atoms with Crippen molar-refractivity contribution in [2.45, 2.75) is 153 Å². The van der Waals surface area contributed by atoms with Crippen LogP contribution < -0.4 is 325 Å². The van der Waals surface area contributed by atoms with Gasteiger partial charge in [0.05, 0.1) is 31.8 Å². The van der Waals surface area contributed by atoms with E-state index in [1.54, 1.807) is 0 Å². The van der Waals surface area contributed by atoms with Gasteiger partial charge < -0.3 is 135 Å². The third kappa shape index (κ3) is 38.5. The number of aliphatic hydroxyl groups excluding tert-OH is 6. The molecule has 9 N–H and O–H groups in total. The zero-order valence-corrected chi connectivity index (χ0v) is 80.1. The molecule has 0 bridgehead atoms. The molecule has 101 heavy (non-hydrogen) atoms. The Bertz CT molecular complexity index is 3340. The summed E-state index contributed by atoms with van der Waals surface area (Å²) < 4.78 is 329. The largest absolute Gasteiger partial charge is 1.00 e. The zero-order chi connectivity index (χ0) is 69.1. The number of hydrogen-bond acceptors (Lipinski definition) is 50. The maximum Gasteiger partial charge on any atom is 1.00 e. The van der Waals surface area contributed by atoms with Gasteiger partial charge in [-0.05, 0) is 0 Å². The summed E-state index contributed by atoms with van der Waals surface area (Å²) in [5, 5.41) is 106. The quantitative estimate of drug-likeness (QED) is 0.00574. The molecule has 5 saturated heterocycles. The van der Waals surface area contributed by atoms with Crippen LogP contribution in [-0.2, 0) is 160 Å². The predicted molar refractivity (Wildman–Crippen MR) is 242 cm³/mol. The van der Waals surface area contributed by atoms with Gasteiger partial charge in [0.15, 0.2) is 80.8 Å². The fourth-order valence-electron chi connectivity index (χ4n) is 8.87. The molecule has 534 valence electrons. The van der Waals surface area contributed by atoms with Gasteiger partial charge in [-0.3, -0.25) is 26.0 Å². The van der Waals surface area contributed by atoms with Crippen LogP contribution in [0.1, 0.15) is 0 Å². The number of carboxylic acids is 2. The Labute approximate surface area is 797 Å². The normalized spacial score (nSPS) is 34.7.